The summed E-state index contributed by atoms with van der Waals surface area (Å²) in [6.07, 6.45) is 0.470. The van der Waals surface area contributed by atoms with Gasteiger partial charge in [0, 0.05) is 25.1 Å². The minimum Gasteiger partial charge on any atom is -0.353 e. The maximum Gasteiger partial charge on any atom is 0.254 e. The van der Waals surface area contributed by atoms with E-state index in [1.165, 1.54) is 0 Å². The Hall–Kier alpha value is -3.93. The number of hydrogen-bond acceptors (Lipinski definition) is 3. The van der Waals surface area contributed by atoms with Crippen molar-refractivity contribution in [3.63, 3.8) is 0 Å². The molecule has 2 heterocycles. The van der Waals surface area contributed by atoms with Crippen LogP contribution in [0.5, 0.6) is 0 Å². The fraction of sp³-hybridized carbons (Fsp3) is 0.192. The summed E-state index contributed by atoms with van der Waals surface area (Å²) < 4.78 is 0. The first kappa shape index (κ1) is 20.0. The van der Waals surface area contributed by atoms with Crippen LogP contribution in [-0.4, -0.2) is 45.8 Å². The standard InChI is InChI=1S/C26H24N4O2/c1-17-28-22-12-11-21(16-23(22)29-17)26(32)30-14-13-27-25(31)24(30)15-18-7-9-20(10-8-18)19-5-3-2-4-6-19/h2-12,16,24H,13-15H2,1H3,(H,27,31)(H,28,29)/t24-/m0/s1. The minimum absolute atomic E-state index is 0.116. The highest BCUT2D eigenvalue weighted by atomic mass is 16.2. The molecule has 0 saturated carbocycles. The number of carbonyl (C=O) groups is 2. The molecule has 4 aromatic rings. The maximum atomic E-state index is 13.3. The van der Waals surface area contributed by atoms with Crippen LogP contribution in [0, 0.1) is 6.92 Å². The SMILES string of the molecule is Cc1nc2ccc(C(=O)N3CCNC(=O)[C@@H]3Cc3ccc(-c4ccccc4)cc3)cc2[nH]1. The van der Waals surface area contributed by atoms with Crippen LogP contribution in [0.25, 0.3) is 22.2 Å². The third-order valence-electron chi connectivity index (χ3n) is 5.93. The molecule has 0 aliphatic carbocycles. The molecule has 1 aliphatic rings. The molecule has 1 aromatic heterocycles. The third kappa shape index (κ3) is 3.87. The number of fused-ring (bicyclic) bond motifs is 1. The molecule has 160 valence electrons. The molecule has 2 amide bonds. The Morgan fingerprint density at radius 1 is 1.03 bits per heavy atom. The Labute approximate surface area is 186 Å². The summed E-state index contributed by atoms with van der Waals surface area (Å²) >= 11 is 0. The lowest BCUT2D eigenvalue weighted by Gasteiger charge is -2.35. The molecule has 0 spiro atoms. The molecule has 1 saturated heterocycles. The third-order valence-corrected chi connectivity index (χ3v) is 5.93. The van der Waals surface area contributed by atoms with E-state index < -0.39 is 6.04 Å². The fourth-order valence-corrected chi connectivity index (χ4v) is 4.28. The van der Waals surface area contributed by atoms with Crippen LogP contribution in [0.1, 0.15) is 21.7 Å². The first-order valence-corrected chi connectivity index (χ1v) is 10.8. The highest BCUT2D eigenvalue weighted by Gasteiger charge is 2.33. The lowest BCUT2D eigenvalue weighted by Crippen LogP contribution is -2.58. The van der Waals surface area contributed by atoms with Crippen LogP contribution in [0.15, 0.2) is 72.8 Å². The van der Waals surface area contributed by atoms with E-state index in [4.69, 9.17) is 0 Å². The molecule has 1 aliphatic heterocycles. The summed E-state index contributed by atoms with van der Waals surface area (Å²) in [5, 5.41) is 2.91. The van der Waals surface area contributed by atoms with Crippen LogP contribution < -0.4 is 5.32 Å². The van der Waals surface area contributed by atoms with Crippen molar-refractivity contribution in [1.29, 1.82) is 0 Å². The molecule has 0 radical (unpaired) electrons. The van der Waals surface area contributed by atoms with Crippen molar-refractivity contribution in [3.8, 4) is 11.1 Å². The summed E-state index contributed by atoms with van der Waals surface area (Å²) in [7, 11) is 0. The second-order valence-corrected chi connectivity index (χ2v) is 8.13. The van der Waals surface area contributed by atoms with Crippen molar-refractivity contribution in [2.75, 3.05) is 13.1 Å². The molecule has 3 aromatic carbocycles. The minimum atomic E-state index is -0.543. The summed E-state index contributed by atoms with van der Waals surface area (Å²) in [5.74, 6) is 0.550. The average molecular weight is 425 g/mol. The molecule has 6 heteroatoms. The van der Waals surface area contributed by atoms with E-state index >= 15 is 0 Å². The number of imidazole rings is 1. The van der Waals surface area contributed by atoms with Gasteiger partial charge in [-0.2, -0.15) is 0 Å². The monoisotopic (exact) mass is 424 g/mol. The molecule has 6 nitrogen and oxygen atoms in total. The summed E-state index contributed by atoms with van der Waals surface area (Å²) in [6, 6.07) is 23.3. The van der Waals surface area contributed by atoms with Crippen molar-refractivity contribution in [1.82, 2.24) is 20.2 Å². The van der Waals surface area contributed by atoms with Gasteiger partial charge in [0.05, 0.1) is 11.0 Å². The predicted octanol–water partition coefficient (Wildman–Crippen LogP) is 3.72. The quantitative estimate of drug-likeness (QED) is 0.524. The molecular weight excluding hydrogens is 400 g/mol. The summed E-state index contributed by atoms with van der Waals surface area (Å²) in [6.45, 7) is 2.83. The van der Waals surface area contributed by atoms with Gasteiger partial charge in [0.1, 0.15) is 11.9 Å². The number of nitrogens with one attached hydrogen (secondary N) is 2. The number of aryl methyl sites for hydroxylation is 1. The Balaban J connectivity index is 1.38. The van der Waals surface area contributed by atoms with Gasteiger partial charge in [-0.15, -0.1) is 0 Å². The molecule has 1 atom stereocenters. The Morgan fingerprint density at radius 3 is 2.56 bits per heavy atom. The van der Waals surface area contributed by atoms with Gasteiger partial charge in [-0.25, -0.2) is 4.98 Å². The van der Waals surface area contributed by atoms with Crippen molar-refractivity contribution >= 4 is 22.8 Å². The number of piperazine rings is 1. The predicted molar refractivity (Wildman–Crippen MR) is 124 cm³/mol. The number of nitrogens with zero attached hydrogens (tertiary/aromatic N) is 2. The molecule has 0 bridgehead atoms. The number of rotatable bonds is 4. The second-order valence-electron chi connectivity index (χ2n) is 8.13. The molecule has 2 N–H and O–H groups in total. The zero-order chi connectivity index (χ0) is 22.1. The van der Waals surface area contributed by atoms with Crippen LogP contribution in [-0.2, 0) is 11.2 Å². The molecule has 1 fully saturated rings. The van der Waals surface area contributed by atoms with Crippen molar-refractivity contribution in [3.05, 3.63) is 89.7 Å². The van der Waals surface area contributed by atoms with E-state index in [1.54, 1.807) is 11.0 Å². The van der Waals surface area contributed by atoms with Crippen molar-refractivity contribution < 1.29 is 9.59 Å². The van der Waals surface area contributed by atoms with Gasteiger partial charge in [0.15, 0.2) is 0 Å². The maximum absolute atomic E-state index is 13.3. The van der Waals surface area contributed by atoms with Gasteiger partial charge < -0.3 is 15.2 Å². The zero-order valence-corrected chi connectivity index (χ0v) is 17.8. The zero-order valence-electron chi connectivity index (χ0n) is 17.8. The average Bonchev–Trinajstić information content (AvgIpc) is 3.20. The second kappa shape index (κ2) is 8.30. The van der Waals surface area contributed by atoms with Gasteiger partial charge in [-0.05, 0) is 41.8 Å². The van der Waals surface area contributed by atoms with Gasteiger partial charge in [-0.1, -0.05) is 54.6 Å². The Bertz CT molecular complexity index is 1280. The molecule has 32 heavy (non-hydrogen) atoms. The van der Waals surface area contributed by atoms with Gasteiger partial charge in [-0.3, -0.25) is 9.59 Å². The smallest absolute Gasteiger partial charge is 0.254 e. The number of H-pyrrole nitrogens is 1. The lowest BCUT2D eigenvalue weighted by molar-refractivity contribution is -0.127. The van der Waals surface area contributed by atoms with Crippen LogP contribution >= 0.6 is 0 Å². The fourth-order valence-electron chi connectivity index (χ4n) is 4.28. The van der Waals surface area contributed by atoms with Crippen LogP contribution in [0.3, 0.4) is 0 Å². The number of carbonyl (C=O) groups excluding carboxylic acids is 2. The summed E-state index contributed by atoms with van der Waals surface area (Å²) in [5.41, 5.74) is 5.49. The Morgan fingerprint density at radius 2 is 1.78 bits per heavy atom. The number of aromatic nitrogens is 2. The van der Waals surface area contributed by atoms with Crippen LogP contribution in [0.2, 0.25) is 0 Å². The highest BCUT2D eigenvalue weighted by Crippen LogP contribution is 2.22. The number of aromatic amines is 1. The number of benzene rings is 3. The largest absolute Gasteiger partial charge is 0.353 e. The van der Waals surface area contributed by atoms with Crippen LogP contribution in [0.4, 0.5) is 0 Å². The molecular formula is C26H24N4O2. The first-order chi connectivity index (χ1) is 15.6. The van der Waals surface area contributed by atoms with Crippen molar-refractivity contribution in [2.24, 2.45) is 0 Å². The lowest BCUT2D eigenvalue weighted by atomic mass is 9.98. The van der Waals surface area contributed by atoms with Gasteiger partial charge >= 0.3 is 0 Å². The number of amides is 2. The molecule has 0 unspecified atom stereocenters. The van der Waals surface area contributed by atoms with Crippen molar-refractivity contribution in [2.45, 2.75) is 19.4 Å². The highest BCUT2D eigenvalue weighted by molar-refractivity contribution is 6.00. The van der Waals surface area contributed by atoms with E-state index in [1.807, 2.05) is 49.4 Å². The Kier molecular flexibility index (Phi) is 5.19. The molecule has 5 rings (SSSR count). The van der Waals surface area contributed by atoms with Gasteiger partial charge in [0.25, 0.3) is 5.91 Å². The van der Waals surface area contributed by atoms with E-state index in [9.17, 15) is 9.59 Å². The number of hydrogen-bond donors (Lipinski definition) is 2. The van der Waals surface area contributed by atoms with E-state index in [2.05, 4.69) is 39.6 Å². The topological polar surface area (TPSA) is 78.1 Å². The summed E-state index contributed by atoms with van der Waals surface area (Å²) in [4.78, 5) is 35.3. The van der Waals surface area contributed by atoms with E-state index in [0.29, 0.717) is 25.1 Å². The van der Waals surface area contributed by atoms with E-state index in [-0.39, 0.29) is 11.8 Å². The normalized spacial score (nSPS) is 16.2. The first-order valence-electron chi connectivity index (χ1n) is 10.8. The van der Waals surface area contributed by atoms with Gasteiger partial charge in [0.2, 0.25) is 5.91 Å². The van der Waals surface area contributed by atoms with E-state index in [0.717, 1.165) is 33.5 Å².